The number of nitro benzene ring substituents is 1. The van der Waals surface area contributed by atoms with Crippen LogP contribution >= 0.6 is 11.3 Å². The molecular formula is C20H24N4O4S. The standard InChI is InChI=1S/C20H24N4O4S/c1-14-6-7-15(11-16(14)24(27)28)20(26)22-13-19(25)21-12-17(18-5-4-10-29-18)23-8-2-3-9-23/h4-7,10-11,17H,2-3,8-9,12-13H2,1H3,(H,21,25)(H,22,26). The van der Waals surface area contributed by atoms with E-state index in [4.69, 9.17) is 0 Å². The van der Waals surface area contributed by atoms with Gasteiger partial charge >= 0.3 is 0 Å². The van der Waals surface area contributed by atoms with E-state index in [2.05, 4.69) is 21.6 Å². The third-order valence-electron chi connectivity index (χ3n) is 5.02. The topological polar surface area (TPSA) is 105 Å². The van der Waals surface area contributed by atoms with Gasteiger partial charge in [-0.05, 0) is 50.4 Å². The second-order valence-electron chi connectivity index (χ2n) is 7.02. The van der Waals surface area contributed by atoms with Gasteiger partial charge in [0.05, 0.1) is 17.5 Å². The van der Waals surface area contributed by atoms with E-state index in [1.54, 1.807) is 18.3 Å². The van der Waals surface area contributed by atoms with E-state index >= 15 is 0 Å². The number of likely N-dealkylation sites (tertiary alicyclic amines) is 1. The quantitative estimate of drug-likeness (QED) is 0.508. The van der Waals surface area contributed by atoms with Crippen molar-refractivity contribution < 1.29 is 14.5 Å². The van der Waals surface area contributed by atoms with Crippen molar-refractivity contribution in [3.05, 3.63) is 61.8 Å². The van der Waals surface area contributed by atoms with E-state index in [-0.39, 0.29) is 29.7 Å². The number of benzene rings is 1. The van der Waals surface area contributed by atoms with Gasteiger partial charge in [-0.1, -0.05) is 12.1 Å². The number of amides is 2. The first-order valence-electron chi connectivity index (χ1n) is 9.53. The molecule has 1 fully saturated rings. The van der Waals surface area contributed by atoms with Gasteiger partial charge in [0.2, 0.25) is 5.91 Å². The molecule has 2 N–H and O–H groups in total. The Kier molecular flexibility index (Phi) is 6.95. The Bertz CT molecular complexity index is 879. The van der Waals surface area contributed by atoms with Gasteiger partial charge in [0.15, 0.2) is 0 Å². The zero-order chi connectivity index (χ0) is 20.8. The predicted molar refractivity (Wildman–Crippen MR) is 111 cm³/mol. The number of rotatable bonds is 8. The molecule has 1 aliphatic rings. The fourth-order valence-corrected chi connectivity index (χ4v) is 4.29. The molecular weight excluding hydrogens is 392 g/mol. The highest BCUT2D eigenvalue weighted by Crippen LogP contribution is 2.27. The van der Waals surface area contributed by atoms with Gasteiger partial charge in [0, 0.05) is 28.6 Å². The number of carbonyl (C=O) groups excluding carboxylic acids is 2. The van der Waals surface area contributed by atoms with Crippen LogP contribution in [0, 0.1) is 17.0 Å². The number of hydrogen-bond donors (Lipinski definition) is 2. The molecule has 1 saturated heterocycles. The first kappa shape index (κ1) is 20.9. The van der Waals surface area contributed by atoms with E-state index in [0.717, 1.165) is 25.9 Å². The highest BCUT2D eigenvalue weighted by molar-refractivity contribution is 7.10. The molecule has 2 heterocycles. The van der Waals surface area contributed by atoms with Crippen LogP contribution in [0.5, 0.6) is 0 Å². The molecule has 1 atom stereocenters. The third kappa shape index (κ3) is 5.39. The summed E-state index contributed by atoms with van der Waals surface area (Å²) in [5, 5.41) is 18.5. The van der Waals surface area contributed by atoms with E-state index in [1.807, 2.05) is 11.4 Å². The Morgan fingerprint density at radius 2 is 2.00 bits per heavy atom. The van der Waals surface area contributed by atoms with E-state index in [9.17, 15) is 19.7 Å². The number of nitrogens with one attached hydrogen (secondary N) is 2. The minimum Gasteiger partial charge on any atom is -0.353 e. The van der Waals surface area contributed by atoms with Crippen molar-refractivity contribution in [1.82, 2.24) is 15.5 Å². The normalized spacial score (nSPS) is 15.1. The van der Waals surface area contributed by atoms with Gasteiger partial charge in [0.25, 0.3) is 11.6 Å². The molecule has 1 aliphatic heterocycles. The third-order valence-corrected chi connectivity index (χ3v) is 6.00. The average Bonchev–Trinajstić information content (AvgIpc) is 3.41. The molecule has 29 heavy (non-hydrogen) atoms. The van der Waals surface area contributed by atoms with Crippen LogP contribution in [0.2, 0.25) is 0 Å². The highest BCUT2D eigenvalue weighted by atomic mass is 32.1. The lowest BCUT2D eigenvalue weighted by Crippen LogP contribution is -2.41. The Balaban J connectivity index is 1.53. The smallest absolute Gasteiger partial charge is 0.273 e. The summed E-state index contributed by atoms with van der Waals surface area (Å²) in [5.41, 5.74) is 0.515. The Morgan fingerprint density at radius 1 is 1.24 bits per heavy atom. The SMILES string of the molecule is Cc1ccc(C(=O)NCC(=O)NCC(c2cccs2)N2CCCC2)cc1[N+](=O)[O-]. The minimum absolute atomic E-state index is 0.119. The zero-order valence-corrected chi connectivity index (χ0v) is 17.0. The highest BCUT2D eigenvalue weighted by Gasteiger charge is 2.24. The maximum atomic E-state index is 12.2. The van der Waals surface area contributed by atoms with Crippen molar-refractivity contribution in [2.24, 2.45) is 0 Å². The predicted octanol–water partition coefficient (Wildman–Crippen LogP) is 2.65. The summed E-state index contributed by atoms with van der Waals surface area (Å²) in [7, 11) is 0. The Labute approximate surface area is 173 Å². The summed E-state index contributed by atoms with van der Waals surface area (Å²) in [6, 6.07) is 8.47. The first-order valence-corrected chi connectivity index (χ1v) is 10.4. The summed E-state index contributed by atoms with van der Waals surface area (Å²) < 4.78 is 0. The monoisotopic (exact) mass is 416 g/mol. The van der Waals surface area contributed by atoms with Crippen molar-refractivity contribution in [1.29, 1.82) is 0 Å². The number of carbonyl (C=O) groups is 2. The molecule has 0 saturated carbocycles. The molecule has 2 amide bonds. The molecule has 1 unspecified atom stereocenters. The average molecular weight is 417 g/mol. The van der Waals surface area contributed by atoms with Crippen LogP contribution in [0.25, 0.3) is 0 Å². The molecule has 0 radical (unpaired) electrons. The summed E-state index contributed by atoms with van der Waals surface area (Å²) >= 11 is 1.67. The van der Waals surface area contributed by atoms with Crippen LogP contribution < -0.4 is 10.6 Å². The van der Waals surface area contributed by atoms with Crippen LogP contribution in [0.15, 0.2) is 35.7 Å². The van der Waals surface area contributed by atoms with Gasteiger partial charge in [0.1, 0.15) is 0 Å². The van der Waals surface area contributed by atoms with Crippen molar-refractivity contribution in [3.63, 3.8) is 0 Å². The summed E-state index contributed by atoms with van der Waals surface area (Å²) in [5.74, 6) is -0.807. The van der Waals surface area contributed by atoms with Crippen molar-refractivity contribution in [2.75, 3.05) is 26.2 Å². The van der Waals surface area contributed by atoms with Crippen LogP contribution in [0.4, 0.5) is 5.69 Å². The molecule has 2 aromatic rings. The van der Waals surface area contributed by atoms with Crippen LogP contribution in [-0.4, -0.2) is 47.8 Å². The zero-order valence-electron chi connectivity index (χ0n) is 16.2. The van der Waals surface area contributed by atoms with Gasteiger partial charge < -0.3 is 10.6 Å². The molecule has 9 heteroatoms. The lowest BCUT2D eigenvalue weighted by Gasteiger charge is -2.26. The molecule has 8 nitrogen and oxygen atoms in total. The molecule has 0 aliphatic carbocycles. The summed E-state index contributed by atoms with van der Waals surface area (Å²) in [6.45, 7) is 3.93. The second kappa shape index (κ2) is 9.62. The second-order valence-corrected chi connectivity index (χ2v) is 8.00. The number of nitro groups is 1. The summed E-state index contributed by atoms with van der Waals surface area (Å²) in [4.78, 5) is 38.6. The number of thiophene rings is 1. The molecule has 0 bridgehead atoms. The minimum atomic E-state index is -0.526. The molecule has 1 aromatic heterocycles. The van der Waals surface area contributed by atoms with Gasteiger partial charge in [-0.15, -0.1) is 11.3 Å². The Hall–Kier alpha value is -2.78. The van der Waals surface area contributed by atoms with Crippen LogP contribution in [0.1, 0.15) is 39.7 Å². The van der Waals surface area contributed by atoms with Crippen molar-refractivity contribution >= 4 is 28.8 Å². The number of nitrogens with zero attached hydrogens (tertiary/aromatic N) is 2. The molecule has 3 rings (SSSR count). The largest absolute Gasteiger partial charge is 0.353 e. The maximum Gasteiger partial charge on any atom is 0.273 e. The Morgan fingerprint density at radius 3 is 2.66 bits per heavy atom. The lowest BCUT2D eigenvalue weighted by molar-refractivity contribution is -0.385. The van der Waals surface area contributed by atoms with Crippen molar-refractivity contribution in [3.8, 4) is 0 Å². The van der Waals surface area contributed by atoms with Gasteiger partial charge in [-0.25, -0.2) is 0 Å². The molecule has 0 spiro atoms. The van der Waals surface area contributed by atoms with E-state index in [0.29, 0.717) is 12.1 Å². The lowest BCUT2D eigenvalue weighted by atomic mass is 10.1. The van der Waals surface area contributed by atoms with Gasteiger partial charge in [-0.3, -0.25) is 24.6 Å². The van der Waals surface area contributed by atoms with E-state index < -0.39 is 10.8 Å². The fourth-order valence-electron chi connectivity index (χ4n) is 3.43. The number of aryl methyl sites for hydroxylation is 1. The first-order chi connectivity index (χ1) is 14.0. The van der Waals surface area contributed by atoms with Crippen LogP contribution in [0.3, 0.4) is 0 Å². The van der Waals surface area contributed by atoms with Gasteiger partial charge in [-0.2, -0.15) is 0 Å². The summed E-state index contributed by atoms with van der Waals surface area (Å²) in [6.07, 6.45) is 2.32. The molecule has 154 valence electrons. The maximum absolute atomic E-state index is 12.2. The van der Waals surface area contributed by atoms with Crippen molar-refractivity contribution in [2.45, 2.75) is 25.8 Å². The molecule has 1 aromatic carbocycles. The van der Waals surface area contributed by atoms with Crippen LogP contribution in [-0.2, 0) is 4.79 Å². The van der Waals surface area contributed by atoms with E-state index in [1.165, 1.54) is 23.1 Å². The fraction of sp³-hybridized carbons (Fsp3) is 0.400. The number of hydrogen-bond acceptors (Lipinski definition) is 6.